The highest BCUT2D eigenvalue weighted by Gasteiger charge is 2.32. The number of benzene rings is 1. The minimum atomic E-state index is -0.641. The lowest BCUT2D eigenvalue weighted by atomic mass is 10.1. The molecule has 1 aliphatic rings. The fourth-order valence-corrected chi connectivity index (χ4v) is 2.57. The van der Waals surface area contributed by atoms with Gasteiger partial charge in [0.05, 0.1) is 26.4 Å². The van der Waals surface area contributed by atoms with Gasteiger partial charge in [0.1, 0.15) is 12.4 Å². The van der Waals surface area contributed by atoms with Gasteiger partial charge in [0.25, 0.3) is 0 Å². The minimum Gasteiger partial charge on any atom is -0.466 e. The zero-order valence-corrected chi connectivity index (χ0v) is 15.0. The van der Waals surface area contributed by atoms with E-state index in [2.05, 4.69) is 5.32 Å². The van der Waals surface area contributed by atoms with Gasteiger partial charge in [0.2, 0.25) is 5.91 Å². The third-order valence-corrected chi connectivity index (χ3v) is 4.00. The Morgan fingerprint density at radius 2 is 1.77 bits per heavy atom. The maximum Gasteiger partial charge on any atom is 0.355 e. The lowest BCUT2D eigenvalue weighted by molar-refractivity contribution is -0.140. The average Bonchev–Trinajstić information content (AvgIpc) is 2.70. The molecule has 140 valence electrons. The number of amides is 1. The largest absolute Gasteiger partial charge is 0.466 e. The van der Waals surface area contributed by atoms with Crippen LogP contribution in [0.1, 0.15) is 12.0 Å². The van der Waals surface area contributed by atoms with Gasteiger partial charge in [-0.15, -0.1) is 0 Å². The van der Waals surface area contributed by atoms with Crippen molar-refractivity contribution in [2.45, 2.75) is 12.8 Å². The predicted octanol–water partition coefficient (Wildman–Crippen LogP) is 0.759. The molecular weight excluding hydrogens is 340 g/mol. The molecule has 1 amide bonds. The third-order valence-electron chi connectivity index (χ3n) is 4.00. The van der Waals surface area contributed by atoms with Gasteiger partial charge in [-0.25, -0.2) is 9.59 Å². The number of hydrogen-bond donors (Lipinski definition) is 1. The summed E-state index contributed by atoms with van der Waals surface area (Å²) in [7, 11) is 4.09. The number of esters is 2. The van der Waals surface area contributed by atoms with E-state index in [1.807, 2.05) is 12.1 Å². The van der Waals surface area contributed by atoms with Crippen LogP contribution in [0.15, 0.2) is 35.5 Å². The molecule has 0 saturated heterocycles. The van der Waals surface area contributed by atoms with Crippen molar-refractivity contribution in [3.05, 3.63) is 41.1 Å². The molecule has 0 saturated carbocycles. The molecule has 2 rings (SSSR count). The maximum atomic E-state index is 12.2. The van der Waals surface area contributed by atoms with E-state index in [4.69, 9.17) is 14.2 Å². The summed E-state index contributed by atoms with van der Waals surface area (Å²) < 4.78 is 15.0. The second kappa shape index (κ2) is 9.00. The highest BCUT2D eigenvalue weighted by molar-refractivity contribution is 6.03. The van der Waals surface area contributed by atoms with Gasteiger partial charge >= 0.3 is 11.9 Å². The standard InChI is InChI=1S/C18H22N2O6/c1-19-15(21)9-6-12-4-7-13(8-5-12)20-11-26-10-14(17(22)24-2)16(20)18(23)25-3/h4-5,7-8H,6,9-11H2,1-3H3,(H,19,21). The van der Waals surface area contributed by atoms with E-state index < -0.39 is 11.9 Å². The number of methoxy groups -OCH3 is 2. The van der Waals surface area contributed by atoms with E-state index in [9.17, 15) is 14.4 Å². The summed E-state index contributed by atoms with van der Waals surface area (Å²) in [5.74, 6) is -1.31. The monoisotopic (exact) mass is 362 g/mol. The van der Waals surface area contributed by atoms with E-state index in [1.165, 1.54) is 14.2 Å². The highest BCUT2D eigenvalue weighted by Crippen LogP contribution is 2.27. The summed E-state index contributed by atoms with van der Waals surface area (Å²) in [5.41, 5.74) is 1.85. The van der Waals surface area contributed by atoms with Gasteiger partial charge in [-0.1, -0.05) is 12.1 Å². The second-order valence-corrected chi connectivity index (χ2v) is 5.56. The smallest absolute Gasteiger partial charge is 0.355 e. The molecule has 0 fully saturated rings. The van der Waals surface area contributed by atoms with Crippen molar-refractivity contribution < 1.29 is 28.6 Å². The molecule has 0 radical (unpaired) electrons. The molecule has 8 heteroatoms. The fourth-order valence-electron chi connectivity index (χ4n) is 2.57. The number of hydrogen-bond acceptors (Lipinski definition) is 7. The summed E-state index contributed by atoms with van der Waals surface area (Å²) in [5, 5.41) is 2.58. The first kappa shape index (κ1) is 19.5. The quantitative estimate of drug-likeness (QED) is 0.747. The SMILES string of the molecule is CNC(=O)CCc1ccc(N2COCC(C(=O)OC)=C2C(=O)OC)cc1. The molecule has 0 atom stereocenters. The van der Waals surface area contributed by atoms with Crippen molar-refractivity contribution in [2.24, 2.45) is 0 Å². The highest BCUT2D eigenvalue weighted by atomic mass is 16.5. The summed E-state index contributed by atoms with van der Waals surface area (Å²) in [6, 6.07) is 7.32. The van der Waals surface area contributed by atoms with Crippen LogP contribution in [0.25, 0.3) is 0 Å². The van der Waals surface area contributed by atoms with Crippen LogP contribution in [0.4, 0.5) is 5.69 Å². The van der Waals surface area contributed by atoms with E-state index in [-0.39, 0.29) is 30.5 Å². The van der Waals surface area contributed by atoms with Crippen LogP contribution in [-0.2, 0) is 35.0 Å². The van der Waals surface area contributed by atoms with Crippen molar-refractivity contribution in [1.82, 2.24) is 5.32 Å². The average molecular weight is 362 g/mol. The lowest BCUT2D eigenvalue weighted by Crippen LogP contribution is -2.38. The Bertz CT molecular complexity index is 711. The normalized spacial score (nSPS) is 14.0. The van der Waals surface area contributed by atoms with Crippen molar-refractivity contribution in [2.75, 3.05) is 39.5 Å². The molecule has 8 nitrogen and oxygen atoms in total. The van der Waals surface area contributed by atoms with Crippen molar-refractivity contribution in [1.29, 1.82) is 0 Å². The van der Waals surface area contributed by atoms with Gasteiger partial charge in [-0.05, 0) is 24.1 Å². The molecular formula is C18H22N2O6. The van der Waals surface area contributed by atoms with Crippen LogP contribution in [0.3, 0.4) is 0 Å². The number of nitrogens with one attached hydrogen (secondary N) is 1. The molecule has 1 aliphatic heterocycles. The fraction of sp³-hybridized carbons (Fsp3) is 0.389. The molecule has 0 aromatic heterocycles. The van der Waals surface area contributed by atoms with Crippen molar-refractivity contribution in [3.63, 3.8) is 0 Å². The Hall–Kier alpha value is -2.87. The topological polar surface area (TPSA) is 94.2 Å². The van der Waals surface area contributed by atoms with Crippen molar-refractivity contribution >= 4 is 23.5 Å². The van der Waals surface area contributed by atoms with Crippen LogP contribution < -0.4 is 10.2 Å². The van der Waals surface area contributed by atoms with Crippen molar-refractivity contribution in [3.8, 4) is 0 Å². The molecule has 0 spiro atoms. The number of carbonyl (C=O) groups is 3. The number of carbonyl (C=O) groups excluding carboxylic acids is 3. The predicted molar refractivity (Wildman–Crippen MR) is 93.2 cm³/mol. The van der Waals surface area contributed by atoms with Gasteiger partial charge < -0.3 is 24.4 Å². The van der Waals surface area contributed by atoms with Gasteiger partial charge in [0, 0.05) is 19.2 Å². The molecule has 1 N–H and O–H groups in total. The molecule has 1 aromatic carbocycles. The number of rotatable bonds is 6. The second-order valence-electron chi connectivity index (χ2n) is 5.56. The molecule has 26 heavy (non-hydrogen) atoms. The molecule has 0 unspecified atom stereocenters. The third kappa shape index (κ3) is 4.40. The van der Waals surface area contributed by atoms with Crippen LogP contribution in [-0.4, -0.2) is 52.5 Å². The van der Waals surface area contributed by atoms with Crippen LogP contribution in [0, 0.1) is 0 Å². The van der Waals surface area contributed by atoms with Crippen LogP contribution in [0.5, 0.6) is 0 Å². The first-order valence-electron chi connectivity index (χ1n) is 8.06. The zero-order valence-electron chi connectivity index (χ0n) is 15.0. The van der Waals surface area contributed by atoms with E-state index in [0.717, 1.165) is 5.56 Å². The molecule has 0 bridgehead atoms. The van der Waals surface area contributed by atoms with Crippen LogP contribution >= 0.6 is 0 Å². The number of nitrogens with zero attached hydrogens (tertiary/aromatic N) is 1. The Labute approximate surface area is 151 Å². The molecule has 1 aromatic rings. The van der Waals surface area contributed by atoms with E-state index in [0.29, 0.717) is 18.5 Å². The first-order valence-corrected chi connectivity index (χ1v) is 8.06. The Balaban J connectivity index is 2.28. The minimum absolute atomic E-state index is 0.0299. The van der Waals surface area contributed by atoms with Gasteiger partial charge in [0.15, 0.2) is 0 Å². The summed E-state index contributed by atoms with van der Waals surface area (Å²) in [4.78, 5) is 37.1. The Morgan fingerprint density at radius 1 is 1.12 bits per heavy atom. The van der Waals surface area contributed by atoms with Gasteiger partial charge in [-0.2, -0.15) is 0 Å². The number of ether oxygens (including phenoxy) is 3. The Kier molecular flexibility index (Phi) is 6.74. The Morgan fingerprint density at radius 3 is 2.35 bits per heavy atom. The number of aryl methyl sites for hydroxylation is 1. The summed E-state index contributed by atoms with van der Waals surface area (Å²) in [6.45, 7) is 0.0698. The molecule has 0 aliphatic carbocycles. The lowest BCUT2D eigenvalue weighted by Gasteiger charge is -2.31. The molecule has 1 heterocycles. The summed E-state index contributed by atoms with van der Waals surface area (Å²) in [6.07, 6.45) is 0.992. The van der Waals surface area contributed by atoms with E-state index in [1.54, 1.807) is 24.1 Å². The summed E-state index contributed by atoms with van der Waals surface area (Å²) >= 11 is 0. The van der Waals surface area contributed by atoms with Crippen LogP contribution in [0.2, 0.25) is 0 Å². The zero-order chi connectivity index (χ0) is 19.1. The van der Waals surface area contributed by atoms with E-state index >= 15 is 0 Å². The van der Waals surface area contributed by atoms with Gasteiger partial charge in [-0.3, -0.25) is 4.79 Å². The first-order chi connectivity index (χ1) is 12.5. The number of anilines is 1. The maximum absolute atomic E-state index is 12.2.